The monoisotopic (exact) mass is 240 g/mol. The van der Waals surface area contributed by atoms with E-state index in [4.69, 9.17) is 0 Å². The van der Waals surface area contributed by atoms with E-state index >= 15 is 0 Å². The lowest BCUT2D eigenvalue weighted by molar-refractivity contribution is -0.122. The lowest BCUT2D eigenvalue weighted by Crippen LogP contribution is -2.48. The third kappa shape index (κ3) is 5.41. The van der Waals surface area contributed by atoms with Crippen molar-refractivity contribution < 1.29 is 9.59 Å². The van der Waals surface area contributed by atoms with Gasteiger partial charge in [0.05, 0.1) is 6.54 Å². The summed E-state index contributed by atoms with van der Waals surface area (Å²) in [6.07, 6.45) is 0.657. The average Bonchev–Trinajstić information content (AvgIpc) is 2.26. The second-order valence-electron chi connectivity index (χ2n) is 5.19. The molecule has 0 radical (unpaired) electrons. The molecule has 1 fully saturated rings. The lowest BCUT2D eigenvalue weighted by Gasteiger charge is -2.34. The Kier molecular flexibility index (Phi) is 5.78. The molecular formula is C13H24N2O2. The Morgan fingerprint density at radius 3 is 2.06 bits per heavy atom. The molecule has 1 aliphatic rings. The van der Waals surface area contributed by atoms with Gasteiger partial charge in [0, 0.05) is 45.1 Å². The Balaban J connectivity index is 2.19. The summed E-state index contributed by atoms with van der Waals surface area (Å²) in [7, 11) is 0. The van der Waals surface area contributed by atoms with Gasteiger partial charge in [0.15, 0.2) is 0 Å². The van der Waals surface area contributed by atoms with Crippen LogP contribution < -0.4 is 0 Å². The van der Waals surface area contributed by atoms with Crippen LogP contribution in [0.4, 0.5) is 0 Å². The van der Waals surface area contributed by atoms with Crippen molar-refractivity contribution in [2.45, 2.75) is 27.2 Å². The molecule has 1 heterocycles. The minimum Gasteiger partial charge on any atom is -0.300 e. The molecular weight excluding hydrogens is 216 g/mol. The number of rotatable bonds is 6. The highest BCUT2D eigenvalue weighted by molar-refractivity contribution is 5.80. The molecule has 1 aliphatic heterocycles. The van der Waals surface area contributed by atoms with Crippen LogP contribution in [0.1, 0.15) is 27.2 Å². The van der Waals surface area contributed by atoms with E-state index in [2.05, 4.69) is 9.80 Å². The number of carbonyl (C=O) groups excluding carboxylic acids is 2. The molecule has 98 valence electrons. The van der Waals surface area contributed by atoms with Crippen LogP contribution in [-0.2, 0) is 9.59 Å². The zero-order valence-electron chi connectivity index (χ0n) is 11.2. The van der Waals surface area contributed by atoms with Gasteiger partial charge in [-0.05, 0) is 6.92 Å². The van der Waals surface area contributed by atoms with Crippen LogP contribution >= 0.6 is 0 Å². The molecule has 0 N–H and O–H groups in total. The Hall–Kier alpha value is -0.740. The molecule has 1 saturated heterocycles. The van der Waals surface area contributed by atoms with Crippen LogP contribution in [0.3, 0.4) is 0 Å². The zero-order valence-corrected chi connectivity index (χ0v) is 11.2. The van der Waals surface area contributed by atoms with Gasteiger partial charge in [-0.25, -0.2) is 0 Å². The van der Waals surface area contributed by atoms with E-state index in [1.54, 1.807) is 6.92 Å². The number of hydrogen-bond acceptors (Lipinski definition) is 4. The predicted octanol–water partition coefficient (Wildman–Crippen LogP) is 0.808. The number of ketones is 2. The molecule has 0 bridgehead atoms. The third-order valence-corrected chi connectivity index (χ3v) is 3.23. The minimum absolute atomic E-state index is 0.147. The summed E-state index contributed by atoms with van der Waals surface area (Å²) in [5, 5.41) is 0. The first kappa shape index (κ1) is 14.3. The zero-order chi connectivity index (χ0) is 12.8. The average molecular weight is 240 g/mol. The van der Waals surface area contributed by atoms with Gasteiger partial charge in [0.25, 0.3) is 0 Å². The number of Topliss-reactive ketones (excluding diaryl/α,β-unsaturated/α-hetero) is 2. The highest BCUT2D eigenvalue weighted by atomic mass is 16.1. The molecule has 4 nitrogen and oxygen atoms in total. The first-order valence-electron chi connectivity index (χ1n) is 6.46. The van der Waals surface area contributed by atoms with Crippen molar-refractivity contribution in [2.24, 2.45) is 5.92 Å². The van der Waals surface area contributed by atoms with Gasteiger partial charge in [0.2, 0.25) is 0 Å². The number of piperazine rings is 1. The van der Waals surface area contributed by atoms with Crippen molar-refractivity contribution in [1.29, 1.82) is 0 Å². The van der Waals surface area contributed by atoms with Gasteiger partial charge in [-0.2, -0.15) is 0 Å². The Morgan fingerprint density at radius 1 is 1.06 bits per heavy atom. The van der Waals surface area contributed by atoms with Gasteiger partial charge < -0.3 is 4.90 Å². The molecule has 0 aromatic heterocycles. The van der Waals surface area contributed by atoms with E-state index < -0.39 is 0 Å². The Labute approximate surface area is 104 Å². The maximum absolute atomic E-state index is 11.5. The molecule has 0 spiro atoms. The van der Waals surface area contributed by atoms with E-state index in [1.165, 1.54) is 0 Å². The number of carbonyl (C=O) groups is 2. The summed E-state index contributed by atoms with van der Waals surface area (Å²) in [6.45, 7) is 10.8. The molecule has 0 aliphatic carbocycles. The van der Waals surface area contributed by atoms with Crippen LogP contribution in [0, 0.1) is 5.92 Å². The van der Waals surface area contributed by atoms with Gasteiger partial charge in [0.1, 0.15) is 11.6 Å². The van der Waals surface area contributed by atoms with Crippen LogP contribution in [0.5, 0.6) is 0 Å². The number of hydrogen-bond donors (Lipinski definition) is 0. The normalized spacial score (nSPS) is 18.6. The van der Waals surface area contributed by atoms with Crippen molar-refractivity contribution >= 4 is 11.6 Å². The van der Waals surface area contributed by atoms with E-state index in [9.17, 15) is 9.59 Å². The van der Waals surface area contributed by atoms with Gasteiger partial charge in [-0.15, -0.1) is 0 Å². The summed E-state index contributed by atoms with van der Waals surface area (Å²) in [6, 6.07) is 0. The van der Waals surface area contributed by atoms with E-state index in [0.717, 1.165) is 32.7 Å². The first-order valence-corrected chi connectivity index (χ1v) is 6.46. The molecule has 17 heavy (non-hydrogen) atoms. The topological polar surface area (TPSA) is 40.6 Å². The van der Waals surface area contributed by atoms with Crippen molar-refractivity contribution in [3.05, 3.63) is 0 Å². The fraction of sp³-hybridized carbons (Fsp3) is 0.846. The predicted molar refractivity (Wildman–Crippen MR) is 68.0 cm³/mol. The summed E-state index contributed by atoms with van der Waals surface area (Å²) < 4.78 is 0. The molecule has 0 atom stereocenters. The fourth-order valence-electron chi connectivity index (χ4n) is 2.04. The van der Waals surface area contributed by atoms with E-state index in [1.807, 2.05) is 13.8 Å². The quantitative estimate of drug-likeness (QED) is 0.689. The highest BCUT2D eigenvalue weighted by Gasteiger charge is 2.18. The van der Waals surface area contributed by atoms with Gasteiger partial charge in [-0.1, -0.05) is 13.8 Å². The Bertz CT molecular complexity index is 269. The second-order valence-corrected chi connectivity index (χ2v) is 5.19. The summed E-state index contributed by atoms with van der Waals surface area (Å²) in [4.78, 5) is 27.0. The molecule has 1 rings (SSSR count). The lowest BCUT2D eigenvalue weighted by atomic mass is 10.1. The molecule has 0 aromatic rings. The molecule has 0 saturated carbocycles. The molecule has 0 aromatic carbocycles. The number of nitrogens with zero attached hydrogens (tertiary/aromatic N) is 2. The highest BCUT2D eigenvalue weighted by Crippen LogP contribution is 2.05. The van der Waals surface area contributed by atoms with Gasteiger partial charge >= 0.3 is 0 Å². The maximum atomic E-state index is 11.5. The van der Waals surface area contributed by atoms with Crippen LogP contribution in [-0.4, -0.2) is 60.6 Å². The van der Waals surface area contributed by atoms with Crippen molar-refractivity contribution in [3.63, 3.8) is 0 Å². The fourth-order valence-corrected chi connectivity index (χ4v) is 2.04. The summed E-state index contributed by atoms with van der Waals surface area (Å²) in [5.41, 5.74) is 0. The van der Waals surface area contributed by atoms with Crippen LogP contribution in [0.2, 0.25) is 0 Å². The standard InChI is InChI=1S/C13H24N2O2/c1-11(2)13(17)4-5-14-6-8-15(9-7-14)10-12(3)16/h11H,4-10H2,1-3H3. The van der Waals surface area contributed by atoms with E-state index in [0.29, 0.717) is 18.7 Å². The SMILES string of the molecule is CC(=O)CN1CCN(CCC(=O)C(C)C)CC1. The minimum atomic E-state index is 0.147. The summed E-state index contributed by atoms with van der Waals surface area (Å²) >= 11 is 0. The van der Waals surface area contributed by atoms with Crippen molar-refractivity contribution in [3.8, 4) is 0 Å². The van der Waals surface area contributed by atoms with E-state index in [-0.39, 0.29) is 11.7 Å². The third-order valence-electron chi connectivity index (χ3n) is 3.23. The Morgan fingerprint density at radius 2 is 1.59 bits per heavy atom. The largest absolute Gasteiger partial charge is 0.300 e. The van der Waals surface area contributed by atoms with Crippen molar-refractivity contribution in [2.75, 3.05) is 39.3 Å². The second kappa shape index (κ2) is 6.87. The summed E-state index contributed by atoms with van der Waals surface area (Å²) in [5.74, 6) is 0.721. The van der Waals surface area contributed by atoms with Gasteiger partial charge in [-0.3, -0.25) is 14.5 Å². The van der Waals surface area contributed by atoms with Crippen molar-refractivity contribution in [1.82, 2.24) is 9.80 Å². The molecule has 4 heteroatoms. The van der Waals surface area contributed by atoms with Crippen LogP contribution in [0.15, 0.2) is 0 Å². The first-order chi connectivity index (χ1) is 7.99. The molecule has 0 amide bonds. The van der Waals surface area contributed by atoms with Crippen LogP contribution in [0.25, 0.3) is 0 Å². The molecule has 0 unspecified atom stereocenters. The maximum Gasteiger partial charge on any atom is 0.143 e. The smallest absolute Gasteiger partial charge is 0.143 e.